The summed E-state index contributed by atoms with van der Waals surface area (Å²) in [5.41, 5.74) is 12.3. The highest BCUT2D eigenvalue weighted by Crippen LogP contribution is 2.39. The largest absolute Gasteiger partial charge is 0.396 e. The van der Waals surface area contributed by atoms with E-state index in [1.165, 1.54) is 48.5 Å². The fraction of sp³-hybridized carbons (Fsp3) is 0. The van der Waals surface area contributed by atoms with Gasteiger partial charge in [-0.05, 0) is 47.5 Å². The van der Waals surface area contributed by atoms with Gasteiger partial charge in [-0.25, -0.2) is 8.78 Å². The average molecular weight is 689 g/mol. The van der Waals surface area contributed by atoms with Gasteiger partial charge < -0.3 is 11.5 Å². The number of hydrogen-bond acceptors (Lipinski definition) is 10. The normalized spacial score (nSPS) is 12.5. The molecule has 0 saturated carbocycles. The predicted molar refractivity (Wildman–Crippen MR) is 176 cm³/mol. The molecule has 6 aromatic rings. The van der Waals surface area contributed by atoms with Crippen LogP contribution in [-0.2, 0) is 20.2 Å². The van der Waals surface area contributed by atoms with Crippen molar-refractivity contribution in [2.45, 2.75) is 9.79 Å². The molecule has 0 aliphatic carbocycles. The minimum absolute atomic E-state index is 0.0636. The van der Waals surface area contributed by atoms with Gasteiger partial charge in [-0.2, -0.15) is 16.8 Å². The molecule has 0 unspecified atom stereocenters. The lowest BCUT2D eigenvalue weighted by Crippen LogP contribution is -2.01. The van der Waals surface area contributed by atoms with Crippen molar-refractivity contribution < 1.29 is 34.7 Å². The summed E-state index contributed by atoms with van der Waals surface area (Å²) in [6.45, 7) is 0. The third-order valence-corrected chi connectivity index (χ3v) is 9.16. The summed E-state index contributed by atoms with van der Waals surface area (Å²) in [5.74, 6) is -1.67. The first-order valence-electron chi connectivity index (χ1n) is 13.7. The number of nitrogens with zero attached hydrogens (tertiary/aromatic N) is 4. The second-order valence-corrected chi connectivity index (χ2v) is 13.2. The highest BCUT2D eigenvalue weighted by Gasteiger charge is 2.20. The number of hydrogen-bond donors (Lipinski definition) is 4. The second-order valence-electron chi connectivity index (χ2n) is 10.4. The van der Waals surface area contributed by atoms with Crippen molar-refractivity contribution in [3.8, 4) is 11.1 Å². The van der Waals surface area contributed by atoms with Crippen LogP contribution in [0.4, 0.5) is 42.9 Å². The summed E-state index contributed by atoms with van der Waals surface area (Å²) >= 11 is 0. The molecule has 6 aromatic carbocycles. The Kier molecular flexibility index (Phi) is 8.18. The lowest BCUT2D eigenvalue weighted by atomic mass is 10.0. The summed E-state index contributed by atoms with van der Waals surface area (Å²) in [6, 6.07) is 22.1. The Morgan fingerprint density at radius 3 is 1.15 bits per heavy atom. The molecule has 0 saturated heterocycles. The Labute approximate surface area is 271 Å². The molecule has 12 nitrogen and oxygen atoms in total. The molecule has 0 fully saturated rings. The highest BCUT2D eigenvalue weighted by molar-refractivity contribution is 7.86. The average Bonchev–Trinajstić information content (AvgIpc) is 3.04. The lowest BCUT2D eigenvalue weighted by Gasteiger charge is -2.09. The molecule has 242 valence electrons. The van der Waals surface area contributed by atoms with Crippen LogP contribution in [0.1, 0.15) is 0 Å². The zero-order valence-corrected chi connectivity index (χ0v) is 25.9. The fourth-order valence-electron chi connectivity index (χ4n) is 5.04. The molecule has 6 N–H and O–H groups in total. The van der Waals surface area contributed by atoms with Gasteiger partial charge in [0.25, 0.3) is 20.2 Å². The molecule has 0 radical (unpaired) electrons. The number of benzene rings is 6. The van der Waals surface area contributed by atoms with E-state index in [4.69, 9.17) is 11.5 Å². The Morgan fingerprint density at radius 2 is 0.812 bits per heavy atom. The Hall–Kier alpha value is -5.68. The molecule has 0 aliphatic heterocycles. The van der Waals surface area contributed by atoms with E-state index in [-0.39, 0.29) is 56.0 Å². The van der Waals surface area contributed by atoms with Crippen LogP contribution in [-0.4, -0.2) is 25.9 Å². The molecule has 0 aliphatic rings. The van der Waals surface area contributed by atoms with Crippen LogP contribution in [0, 0.1) is 11.6 Å². The van der Waals surface area contributed by atoms with E-state index >= 15 is 8.78 Å². The molecular weight excluding hydrogens is 667 g/mol. The van der Waals surface area contributed by atoms with Crippen molar-refractivity contribution in [1.82, 2.24) is 0 Å². The lowest BCUT2D eigenvalue weighted by molar-refractivity contribution is 0.482. The summed E-state index contributed by atoms with van der Waals surface area (Å²) in [6.07, 6.45) is 0. The van der Waals surface area contributed by atoms with Gasteiger partial charge in [-0.3, -0.25) is 9.11 Å². The third kappa shape index (κ3) is 6.19. The van der Waals surface area contributed by atoms with Gasteiger partial charge in [0.2, 0.25) is 0 Å². The van der Waals surface area contributed by atoms with Crippen LogP contribution >= 0.6 is 0 Å². The molecule has 16 heteroatoms. The van der Waals surface area contributed by atoms with E-state index in [0.29, 0.717) is 10.8 Å². The van der Waals surface area contributed by atoms with Gasteiger partial charge in [0, 0.05) is 21.5 Å². The first-order valence-corrected chi connectivity index (χ1v) is 16.6. The Morgan fingerprint density at radius 1 is 0.479 bits per heavy atom. The number of anilines is 2. The maximum Gasteiger partial charge on any atom is 0.295 e. The predicted octanol–water partition coefficient (Wildman–Crippen LogP) is 8.43. The molecule has 0 spiro atoms. The van der Waals surface area contributed by atoms with Crippen LogP contribution in [0.2, 0.25) is 0 Å². The van der Waals surface area contributed by atoms with Crippen LogP contribution in [0.15, 0.2) is 127 Å². The van der Waals surface area contributed by atoms with Crippen molar-refractivity contribution in [3.05, 3.63) is 109 Å². The minimum atomic E-state index is -4.65. The molecule has 0 atom stereocenters. The zero-order valence-electron chi connectivity index (χ0n) is 24.3. The van der Waals surface area contributed by atoms with Gasteiger partial charge in [0.15, 0.2) is 11.6 Å². The highest BCUT2D eigenvalue weighted by atomic mass is 32.2. The quantitative estimate of drug-likeness (QED) is 0.0724. The summed E-state index contributed by atoms with van der Waals surface area (Å²) in [5, 5.41) is 16.5. The molecule has 0 aromatic heterocycles. The summed E-state index contributed by atoms with van der Waals surface area (Å²) in [7, 11) is -9.30. The van der Waals surface area contributed by atoms with E-state index in [0.717, 1.165) is 24.3 Å². The number of rotatable bonds is 7. The SMILES string of the molecule is Nc1c(/N=N/c2ccc(-c3ccc(/N=N/c4cc(S(=O)(=O)O)c5ccccc5c4N)c(F)c3)cc2F)cc(S(=O)(=O)O)c2ccccc12. The molecule has 0 amide bonds. The molecule has 48 heavy (non-hydrogen) atoms. The van der Waals surface area contributed by atoms with Crippen molar-refractivity contribution >= 4 is 75.9 Å². The van der Waals surface area contributed by atoms with E-state index in [9.17, 15) is 25.9 Å². The smallest absolute Gasteiger partial charge is 0.295 e. The van der Waals surface area contributed by atoms with Crippen molar-refractivity contribution in [3.63, 3.8) is 0 Å². The zero-order chi connectivity index (χ0) is 34.4. The van der Waals surface area contributed by atoms with Crippen molar-refractivity contribution in [2.75, 3.05) is 11.5 Å². The van der Waals surface area contributed by atoms with Gasteiger partial charge in [-0.1, -0.05) is 60.7 Å². The topological polar surface area (TPSA) is 210 Å². The summed E-state index contributed by atoms with van der Waals surface area (Å²) in [4.78, 5) is -0.878. The number of nitrogens with two attached hydrogens (primary N) is 2. The maximum absolute atomic E-state index is 15.1. The Bertz CT molecular complexity index is 2400. The van der Waals surface area contributed by atoms with Gasteiger partial charge >= 0.3 is 0 Å². The molecule has 6 rings (SSSR count). The maximum atomic E-state index is 15.1. The van der Waals surface area contributed by atoms with Crippen LogP contribution in [0.3, 0.4) is 0 Å². The van der Waals surface area contributed by atoms with E-state index in [2.05, 4.69) is 20.5 Å². The first-order chi connectivity index (χ1) is 22.7. The van der Waals surface area contributed by atoms with Crippen molar-refractivity contribution in [1.29, 1.82) is 0 Å². The fourth-order valence-corrected chi connectivity index (χ4v) is 6.48. The first kappa shape index (κ1) is 32.3. The van der Waals surface area contributed by atoms with E-state index in [1.807, 2.05) is 0 Å². The number of azo groups is 2. The molecular formula is C32H22F2N6O6S2. The number of fused-ring (bicyclic) bond motifs is 2. The van der Waals surface area contributed by atoms with Crippen LogP contribution < -0.4 is 11.5 Å². The second kappa shape index (κ2) is 12.2. The van der Waals surface area contributed by atoms with Crippen LogP contribution in [0.5, 0.6) is 0 Å². The van der Waals surface area contributed by atoms with E-state index in [1.54, 1.807) is 24.3 Å². The monoisotopic (exact) mass is 688 g/mol. The molecule has 0 heterocycles. The standard InChI is InChI=1S/C32H22F2N6O6S2/c33-23-13-17(9-11-25(23)37-39-27-15-29(47(41,42)43)19-5-1-3-7-21(19)31(27)35)18-10-12-26(24(34)14-18)38-40-28-16-30(48(44,45)46)20-6-2-4-8-22(20)32(28)36/h1-16H,35-36H2,(H,41,42,43)(H,44,45,46)/b39-37+,40-38+. The third-order valence-electron chi connectivity index (χ3n) is 7.37. The number of nitrogen functional groups attached to an aromatic ring is 2. The molecule has 0 bridgehead atoms. The van der Waals surface area contributed by atoms with Gasteiger partial charge in [0.05, 0.1) is 11.4 Å². The Balaban J connectivity index is 1.28. The van der Waals surface area contributed by atoms with Gasteiger partial charge in [0.1, 0.15) is 32.5 Å². The van der Waals surface area contributed by atoms with Crippen molar-refractivity contribution in [2.24, 2.45) is 20.5 Å². The van der Waals surface area contributed by atoms with Crippen LogP contribution in [0.25, 0.3) is 32.7 Å². The number of halogens is 2. The van der Waals surface area contributed by atoms with Gasteiger partial charge in [-0.15, -0.1) is 20.5 Å². The van der Waals surface area contributed by atoms with E-state index < -0.39 is 41.7 Å². The minimum Gasteiger partial charge on any atom is -0.396 e. The summed E-state index contributed by atoms with van der Waals surface area (Å²) < 4.78 is 97.5.